The van der Waals surface area contributed by atoms with Crippen LogP contribution in [0.15, 0.2) is 10.6 Å². The van der Waals surface area contributed by atoms with Crippen molar-refractivity contribution in [1.82, 2.24) is 10.3 Å². The summed E-state index contributed by atoms with van der Waals surface area (Å²) in [5.41, 5.74) is -0.0986. The van der Waals surface area contributed by atoms with E-state index in [1.165, 1.54) is 11.8 Å². The van der Waals surface area contributed by atoms with E-state index >= 15 is 0 Å². The maximum atomic E-state index is 10.8. The quantitative estimate of drug-likeness (QED) is 0.736. The van der Waals surface area contributed by atoms with Gasteiger partial charge in [-0.3, -0.25) is 4.79 Å². The Labute approximate surface area is 116 Å². The van der Waals surface area contributed by atoms with E-state index in [4.69, 9.17) is 9.52 Å². The number of nitrogens with one attached hydrogen (secondary N) is 1. The molecule has 106 valence electrons. The Hall–Kier alpha value is -1.50. The van der Waals surface area contributed by atoms with Crippen molar-refractivity contribution < 1.29 is 19.1 Å². The molecular formula is C12H18N2O4S. The first-order valence-corrected chi connectivity index (χ1v) is 6.95. The predicted molar refractivity (Wildman–Crippen MR) is 72.0 cm³/mol. The average molecular weight is 286 g/mol. The van der Waals surface area contributed by atoms with Crippen molar-refractivity contribution in [3.05, 3.63) is 17.8 Å². The summed E-state index contributed by atoms with van der Waals surface area (Å²) >= 11 is 1.35. The van der Waals surface area contributed by atoms with Crippen molar-refractivity contribution in [2.45, 2.75) is 38.0 Å². The van der Waals surface area contributed by atoms with Crippen LogP contribution in [-0.4, -0.2) is 34.3 Å². The molecule has 0 aromatic carbocycles. The van der Waals surface area contributed by atoms with E-state index in [1.54, 1.807) is 6.20 Å². The Bertz CT molecular complexity index is 439. The highest BCUT2D eigenvalue weighted by atomic mass is 32.2. The molecule has 0 saturated heterocycles. The highest BCUT2D eigenvalue weighted by Crippen LogP contribution is 2.24. The molecule has 0 aliphatic heterocycles. The van der Waals surface area contributed by atoms with E-state index in [9.17, 15) is 9.59 Å². The summed E-state index contributed by atoms with van der Waals surface area (Å²) in [6, 6.07) is -0.889. The highest BCUT2D eigenvalue weighted by molar-refractivity contribution is 7.98. The van der Waals surface area contributed by atoms with Crippen LogP contribution in [0.4, 0.5) is 0 Å². The number of aromatic nitrogens is 1. The van der Waals surface area contributed by atoms with Crippen LogP contribution >= 0.6 is 11.8 Å². The monoisotopic (exact) mass is 286 g/mol. The molecule has 0 saturated carbocycles. The zero-order chi connectivity index (χ0) is 14.5. The van der Waals surface area contributed by atoms with Gasteiger partial charge in [0.25, 0.3) is 0 Å². The van der Waals surface area contributed by atoms with Gasteiger partial charge in [0.1, 0.15) is 11.8 Å². The number of carbonyl (C=O) groups excluding carboxylic acids is 1. The van der Waals surface area contributed by atoms with Gasteiger partial charge in [-0.05, 0) is 0 Å². The van der Waals surface area contributed by atoms with Crippen molar-refractivity contribution in [3.63, 3.8) is 0 Å². The molecule has 6 nitrogen and oxygen atoms in total. The molecule has 1 heterocycles. The molecule has 1 amide bonds. The van der Waals surface area contributed by atoms with Crippen molar-refractivity contribution in [2.24, 2.45) is 0 Å². The van der Waals surface area contributed by atoms with Gasteiger partial charge in [-0.25, -0.2) is 9.78 Å². The van der Waals surface area contributed by atoms with Crippen molar-refractivity contribution in [3.8, 4) is 0 Å². The standard InChI is InChI=1S/C12H18N2O4S/c1-12(2,3)9-4-13-10(18-9)6-19-5-8(11(16)17)14-7-15/h4,7-8H,5-6H2,1-3H3,(H,14,15)(H,16,17). The number of hydrogen-bond acceptors (Lipinski definition) is 5. The molecule has 0 bridgehead atoms. The molecule has 0 aliphatic rings. The fraction of sp³-hybridized carbons (Fsp3) is 0.583. The second-order valence-corrected chi connectivity index (χ2v) is 6.09. The molecule has 7 heteroatoms. The van der Waals surface area contributed by atoms with E-state index < -0.39 is 12.0 Å². The smallest absolute Gasteiger partial charge is 0.327 e. The van der Waals surface area contributed by atoms with Gasteiger partial charge in [-0.2, -0.15) is 0 Å². The van der Waals surface area contributed by atoms with Gasteiger partial charge in [0.15, 0.2) is 0 Å². The highest BCUT2D eigenvalue weighted by Gasteiger charge is 2.20. The second-order valence-electron chi connectivity index (χ2n) is 5.06. The third-order valence-electron chi connectivity index (χ3n) is 2.37. The molecule has 1 aromatic rings. The molecule has 2 N–H and O–H groups in total. The maximum absolute atomic E-state index is 10.8. The van der Waals surface area contributed by atoms with Crippen LogP contribution in [-0.2, 0) is 20.8 Å². The number of amides is 1. The molecule has 0 aliphatic carbocycles. The first-order chi connectivity index (χ1) is 8.84. The van der Waals surface area contributed by atoms with Crippen LogP contribution in [0, 0.1) is 0 Å². The van der Waals surface area contributed by atoms with Gasteiger partial charge in [-0.1, -0.05) is 20.8 Å². The molecule has 1 rings (SSSR count). The minimum Gasteiger partial charge on any atom is -0.480 e. The van der Waals surface area contributed by atoms with E-state index in [-0.39, 0.29) is 11.2 Å². The van der Waals surface area contributed by atoms with E-state index in [2.05, 4.69) is 10.3 Å². The Kier molecular flexibility index (Phi) is 5.41. The molecular weight excluding hydrogens is 268 g/mol. The number of oxazole rings is 1. The van der Waals surface area contributed by atoms with Crippen molar-refractivity contribution in [1.29, 1.82) is 0 Å². The summed E-state index contributed by atoms with van der Waals surface area (Å²) in [5, 5.41) is 11.1. The van der Waals surface area contributed by atoms with Gasteiger partial charge in [0.05, 0.1) is 11.9 Å². The van der Waals surface area contributed by atoms with Crippen LogP contribution in [0.25, 0.3) is 0 Å². The lowest BCUT2D eigenvalue weighted by Crippen LogP contribution is -2.37. The second kappa shape index (κ2) is 6.60. The summed E-state index contributed by atoms with van der Waals surface area (Å²) in [5.74, 6) is 1.04. The SMILES string of the molecule is CC(C)(C)c1cnc(CSCC(NC=O)C(=O)O)o1. The van der Waals surface area contributed by atoms with Gasteiger partial charge >= 0.3 is 5.97 Å². The van der Waals surface area contributed by atoms with Crippen LogP contribution in [0.3, 0.4) is 0 Å². The molecule has 0 spiro atoms. The lowest BCUT2D eigenvalue weighted by Gasteiger charge is -2.13. The molecule has 0 fully saturated rings. The average Bonchev–Trinajstić information content (AvgIpc) is 2.76. The largest absolute Gasteiger partial charge is 0.480 e. The van der Waals surface area contributed by atoms with E-state index in [0.717, 1.165) is 5.76 Å². The van der Waals surface area contributed by atoms with Crippen LogP contribution < -0.4 is 5.32 Å². The van der Waals surface area contributed by atoms with E-state index in [1.807, 2.05) is 20.8 Å². The predicted octanol–water partition coefficient (Wildman–Crippen LogP) is 1.40. The van der Waals surface area contributed by atoms with Gasteiger partial charge in [-0.15, -0.1) is 11.8 Å². The Morgan fingerprint density at radius 3 is 2.79 bits per heavy atom. The first kappa shape index (κ1) is 15.6. The van der Waals surface area contributed by atoms with Crippen molar-refractivity contribution in [2.75, 3.05) is 5.75 Å². The fourth-order valence-corrected chi connectivity index (χ4v) is 2.16. The van der Waals surface area contributed by atoms with Crippen LogP contribution in [0.5, 0.6) is 0 Å². The van der Waals surface area contributed by atoms with Crippen LogP contribution in [0.2, 0.25) is 0 Å². The number of carboxylic acid groups (broad SMARTS) is 1. The topological polar surface area (TPSA) is 92.4 Å². The number of nitrogens with zero attached hydrogens (tertiary/aromatic N) is 1. The third kappa shape index (κ3) is 4.94. The number of thioether (sulfide) groups is 1. The molecule has 1 aromatic heterocycles. The maximum Gasteiger partial charge on any atom is 0.327 e. The van der Waals surface area contributed by atoms with Gasteiger partial charge in [0, 0.05) is 11.2 Å². The molecule has 1 atom stereocenters. The summed E-state index contributed by atoms with van der Waals surface area (Å²) in [6.07, 6.45) is 2.08. The number of hydrogen-bond donors (Lipinski definition) is 2. The lowest BCUT2D eigenvalue weighted by atomic mass is 9.94. The molecule has 0 radical (unpaired) electrons. The summed E-state index contributed by atoms with van der Waals surface area (Å²) in [6.45, 7) is 6.08. The minimum absolute atomic E-state index is 0.0986. The number of carbonyl (C=O) groups is 2. The lowest BCUT2D eigenvalue weighted by molar-refractivity contribution is -0.139. The number of rotatable bonds is 7. The van der Waals surface area contributed by atoms with Crippen molar-refractivity contribution >= 4 is 24.1 Å². The molecule has 19 heavy (non-hydrogen) atoms. The zero-order valence-corrected chi connectivity index (χ0v) is 12.0. The Morgan fingerprint density at radius 2 is 2.32 bits per heavy atom. The first-order valence-electron chi connectivity index (χ1n) is 5.80. The third-order valence-corrected chi connectivity index (χ3v) is 3.39. The summed E-state index contributed by atoms with van der Waals surface area (Å²) in [4.78, 5) is 25.2. The normalized spacial score (nSPS) is 13.0. The summed E-state index contributed by atoms with van der Waals surface area (Å²) in [7, 11) is 0. The van der Waals surface area contributed by atoms with Gasteiger partial charge < -0.3 is 14.8 Å². The Morgan fingerprint density at radius 1 is 1.63 bits per heavy atom. The van der Waals surface area contributed by atoms with E-state index in [0.29, 0.717) is 18.1 Å². The minimum atomic E-state index is -1.05. The summed E-state index contributed by atoms with van der Waals surface area (Å²) < 4.78 is 5.58. The molecule has 1 unspecified atom stereocenters. The number of aliphatic carboxylic acids is 1. The zero-order valence-electron chi connectivity index (χ0n) is 11.2. The van der Waals surface area contributed by atoms with Crippen LogP contribution in [0.1, 0.15) is 32.4 Å². The number of carboxylic acids is 1. The van der Waals surface area contributed by atoms with Gasteiger partial charge in [0.2, 0.25) is 12.3 Å². The fourth-order valence-electron chi connectivity index (χ4n) is 1.26. The Balaban J connectivity index is 2.46.